The number of benzene rings is 1. The van der Waals surface area contributed by atoms with E-state index in [0.717, 1.165) is 24.3 Å². The Morgan fingerprint density at radius 3 is 2.50 bits per heavy atom. The van der Waals surface area contributed by atoms with Gasteiger partial charge in [0.1, 0.15) is 0 Å². The highest BCUT2D eigenvalue weighted by molar-refractivity contribution is 5.22. The van der Waals surface area contributed by atoms with Crippen LogP contribution in [0.2, 0.25) is 0 Å². The van der Waals surface area contributed by atoms with Gasteiger partial charge in [0.2, 0.25) is 0 Å². The normalized spacial score (nSPS) is 27.1. The van der Waals surface area contributed by atoms with Gasteiger partial charge in [0.25, 0.3) is 0 Å². The highest BCUT2D eigenvalue weighted by atomic mass is 14.9. The fourth-order valence-electron chi connectivity index (χ4n) is 2.46. The molecule has 1 aromatic carbocycles. The summed E-state index contributed by atoms with van der Waals surface area (Å²) in [5.41, 5.74) is 1.50. The number of rotatable bonds is 2. The molecule has 1 saturated heterocycles. The molecule has 0 aliphatic carbocycles. The predicted octanol–water partition coefficient (Wildman–Crippen LogP) is 2.65. The number of nitrogens with one attached hydrogen (secondary N) is 1. The van der Waals surface area contributed by atoms with Gasteiger partial charge in [-0.05, 0) is 23.9 Å². The van der Waals surface area contributed by atoms with Gasteiger partial charge in [-0.15, -0.1) is 0 Å². The molecule has 1 heterocycles. The molecule has 0 bridgehead atoms. The molecule has 1 N–H and O–H groups in total. The lowest BCUT2D eigenvalue weighted by Gasteiger charge is -2.22. The summed E-state index contributed by atoms with van der Waals surface area (Å²) in [6.07, 6.45) is 0. The molecule has 0 spiro atoms. The Morgan fingerprint density at radius 1 is 1.14 bits per heavy atom. The summed E-state index contributed by atoms with van der Waals surface area (Å²) in [4.78, 5) is 0. The maximum absolute atomic E-state index is 3.50. The molecule has 14 heavy (non-hydrogen) atoms. The topological polar surface area (TPSA) is 12.0 Å². The minimum Gasteiger partial charge on any atom is -0.316 e. The average Bonchev–Trinajstić information content (AvgIpc) is 2.67. The lowest BCUT2D eigenvalue weighted by Crippen LogP contribution is -2.16. The molecule has 0 aromatic heterocycles. The Labute approximate surface area is 86.5 Å². The van der Waals surface area contributed by atoms with E-state index in [2.05, 4.69) is 49.5 Å². The Morgan fingerprint density at radius 2 is 1.86 bits per heavy atom. The molecule has 1 fully saturated rings. The minimum atomic E-state index is 0.719. The second-order valence-electron chi connectivity index (χ2n) is 4.58. The Balaban J connectivity index is 2.18. The molecule has 1 heteroatoms. The summed E-state index contributed by atoms with van der Waals surface area (Å²) in [5.74, 6) is 2.30. The summed E-state index contributed by atoms with van der Waals surface area (Å²) < 4.78 is 0. The van der Waals surface area contributed by atoms with E-state index >= 15 is 0 Å². The highest BCUT2D eigenvalue weighted by Gasteiger charge is 2.30. The summed E-state index contributed by atoms with van der Waals surface area (Å²) >= 11 is 0. The van der Waals surface area contributed by atoms with Crippen LogP contribution in [0.5, 0.6) is 0 Å². The van der Waals surface area contributed by atoms with Crippen LogP contribution in [0, 0.1) is 11.8 Å². The Kier molecular flexibility index (Phi) is 2.87. The minimum absolute atomic E-state index is 0.719. The summed E-state index contributed by atoms with van der Waals surface area (Å²) in [6, 6.07) is 10.9. The van der Waals surface area contributed by atoms with E-state index in [0.29, 0.717) is 0 Å². The first-order valence-corrected chi connectivity index (χ1v) is 5.54. The molecule has 1 aromatic rings. The van der Waals surface area contributed by atoms with Crippen molar-refractivity contribution in [3.63, 3.8) is 0 Å². The zero-order valence-electron chi connectivity index (χ0n) is 9.03. The van der Waals surface area contributed by atoms with Crippen LogP contribution in [0.15, 0.2) is 30.3 Å². The van der Waals surface area contributed by atoms with E-state index in [9.17, 15) is 0 Å². The van der Waals surface area contributed by atoms with Gasteiger partial charge in [-0.25, -0.2) is 0 Å². The number of hydrogen-bond acceptors (Lipinski definition) is 1. The van der Waals surface area contributed by atoms with E-state index in [1.165, 1.54) is 12.1 Å². The summed E-state index contributed by atoms with van der Waals surface area (Å²) in [5, 5.41) is 3.50. The van der Waals surface area contributed by atoms with Crippen LogP contribution in [0.1, 0.15) is 25.3 Å². The third-order valence-corrected chi connectivity index (χ3v) is 3.35. The van der Waals surface area contributed by atoms with Crippen molar-refractivity contribution < 1.29 is 0 Å². The molecule has 2 unspecified atom stereocenters. The van der Waals surface area contributed by atoms with Crippen molar-refractivity contribution in [2.45, 2.75) is 19.8 Å². The van der Waals surface area contributed by atoms with Crippen molar-refractivity contribution >= 4 is 0 Å². The van der Waals surface area contributed by atoms with Gasteiger partial charge in [0, 0.05) is 12.5 Å². The van der Waals surface area contributed by atoms with Crippen LogP contribution < -0.4 is 5.32 Å². The summed E-state index contributed by atoms with van der Waals surface area (Å²) in [6.45, 7) is 6.98. The van der Waals surface area contributed by atoms with Crippen molar-refractivity contribution in [1.29, 1.82) is 0 Å². The van der Waals surface area contributed by atoms with Gasteiger partial charge < -0.3 is 5.32 Å². The van der Waals surface area contributed by atoms with Crippen molar-refractivity contribution in [2.24, 2.45) is 11.8 Å². The second-order valence-corrected chi connectivity index (χ2v) is 4.58. The van der Waals surface area contributed by atoms with Crippen molar-refractivity contribution in [2.75, 3.05) is 13.1 Å². The van der Waals surface area contributed by atoms with Crippen molar-refractivity contribution in [1.82, 2.24) is 5.32 Å². The first-order valence-electron chi connectivity index (χ1n) is 5.54. The zero-order chi connectivity index (χ0) is 9.97. The molecular weight excluding hydrogens is 170 g/mol. The molecule has 0 radical (unpaired) electrons. The summed E-state index contributed by atoms with van der Waals surface area (Å²) in [7, 11) is 0. The van der Waals surface area contributed by atoms with Crippen molar-refractivity contribution in [3.8, 4) is 0 Å². The van der Waals surface area contributed by atoms with Gasteiger partial charge in [-0.3, -0.25) is 0 Å². The average molecular weight is 189 g/mol. The SMILES string of the molecule is CC(C)C1CNCC1c1ccccc1. The first kappa shape index (κ1) is 9.72. The molecule has 1 nitrogen and oxygen atoms in total. The third kappa shape index (κ3) is 1.83. The van der Waals surface area contributed by atoms with E-state index in [1.54, 1.807) is 0 Å². The van der Waals surface area contributed by atoms with E-state index in [1.807, 2.05) is 0 Å². The maximum atomic E-state index is 3.50. The lowest BCUT2D eigenvalue weighted by molar-refractivity contribution is 0.381. The standard InChI is InChI=1S/C13H19N/c1-10(2)12-8-14-9-13(12)11-6-4-3-5-7-11/h3-7,10,12-14H,8-9H2,1-2H3. The van der Waals surface area contributed by atoms with Crippen LogP contribution in [0.4, 0.5) is 0 Å². The van der Waals surface area contributed by atoms with E-state index in [4.69, 9.17) is 0 Å². The third-order valence-electron chi connectivity index (χ3n) is 3.35. The lowest BCUT2D eigenvalue weighted by atomic mass is 9.82. The highest BCUT2D eigenvalue weighted by Crippen LogP contribution is 2.32. The van der Waals surface area contributed by atoms with E-state index in [-0.39, 0.29) is 0 Å². The maximum Gasteiger partial charge on any atom is 0.00235 e. The van der Waals surface area contributed by atoms with Crippen LogP contribution in [-0.4, -0.2) is 13.1 Å². The predicted molar refractivity (Wildman–Crippen MR) is 60.4 cm³/mol. The van der Waals surface area contributed by atoms with Gasteiger partial charge in [-0.2, -0.15) is 0 Å². The van der Waals surface area contributed by atoms with E-state index < -0.39 is 0 Å². The fraction of sp³-hybridized carbons (Fsp3) is 0.538. The van der Waals surface area contributed by atoms with Crippen LogP contribution in [-0.2, 0) is 0 Å². The molecular formula is C13H19N. The smallest absolute Gasteiger partial charge is 0.00235 e. The molecule has 0 saturated carbocycles. The monoisotopic (exact) mass is 189 g/mol. The van der Waals surface area contributed by atoms with Crippen LogP contribution in [0.3, 0.4) is 0 Å². The largest absolute Gasteiger partial charge is 0.316 e. The van der Waals surface area contributed by atoms with Gasteiger partial charge >= 0.3 is 0 Å². The molecule has 2 atom stereocenters. The number of hydrogen-bond donors (Lipinski definition) is 1. The molecule has 1 aliphatic heterocycles. The van der Waals surface area contributed by atoms with Gasteiger partial charge in [-0.1, -0.05) is 44.2 Å². The molecule has 0 amide bonds. The molecule has 2 rings (SSSR count). The Bertz CT molecular complexity index is 279. The first-order chi connectivity index (χ1) is 6.79. The Hall–Kier alpha value is -0.820. The van der Waals surface area contributed by atoms with Gasteiger partial charge in [0.05, 0.1) is 0 Å². The molecule has 1 aliphatic rings. The second kappa shape index (κ2) is 4.14. The fourth-order valence-corrected chi connectivity index (χ4v) is 2.46. The van der Waals surface area contributed by atoms with Crippen LogP contribution >= 0.6 is 0 Å². The van der Waals surface area contributed by atoms with Crippen LogP contribution in [0.25, 0.3) is 0 Å². The zero-order valence-corrected chi connectivity index (χ0v) is 9.03. The molecule has 76 valence electrons. The van der Waals surface area contributed by atoms with Gasteiger partial charge in [0.15, 0.2) is 0 Å². The quantitative estimate of drug-likeness (QED) is 0.754. The van der Waals surface area contributed by atoms with Crippen molar-refractivity contribution in [3.05, 3.63) is 35.9 Å².